The number of nitrogens with zero attached hydrogens (tertiary/aromatic N) is 2. The van der Waals surface area contributed by atoms with E-state index in [0.717, 1.165) is 24.8 Å². The normalized spacial score (nSPS) is 17.5. The molecule has 0 amide bonds. The maximum atomic E-state index is 4.53. The van der Waals surface area contributed by atoms with Gasteiger partial charge in [0.05, 0.1) is 0 Å². The van der Waals surface area contributed by atoms with Crippen molar-refractivity contribution < 1.29 is 0 Å². The highest BCUT2D eigenvalue weighted by molar-refractivity contribution is 7.15. The van der Waals surface area contributed by atoms with Crippen LogP contribution in [0.25, 0.3) is 0 Å². The molecule has 1 fully saturated rings. The Bertz CT molecular complexity index is 361. The van der Waals surface area contributed by atoms with E-state index >= 15 is 0 Å². The van der Waals surface area contributed by atoms with Gasteiger partial charge >= 0.3 is 0 Å². The van der Waals surface area contributed by atoms with E-state index in [4.69, 9.17) is 0 Å². The molecule has 0 aromatic carbocycles. The lowest BCUT2D eigenvalue weighted by atomic mass is 9.75. The van der Waals surface area contributed by atoms with E-state index < -0.39 is 0 Å². The van der Waals surface area contributed by atoms with Crippen LogP contribution in [0, 0.1) is 0 Å². The minimum absolute atomic E-state index is 0.430. The van der Waals surface area contributed by atoms with Gasteiger partial charge in [0.1, 0.15) is 0 Å². The smallest absolute Gasteiger partial charge is 0.185 e. The van der Waals surface area contributed by atoms with Crippen LogP contribution in [0.3, 0.4) is 0 Å². The Hall–Kier alpha value is -0.610. The first-order chi connectivity index (χ1) is 8.73. The van der Waals surface area contributed by atoms with Gasteiger partial charge in [-0.3, -0.25) is 0 Å². The van der Waals surface area contributed by atoms with Crippen molar-refractivity contribution in [3.05, 3.63) is 11.1 Å². The van der Waals surface area contributed by atoms with Crippen LogP contribution in [0.15, 0.2) is 6.20 Å². The molecule has 3 nitrogen and oxygen atoms in total. The fourth-order valence-corrected chi connectivity index (χ4v) is 3.53. The van der Waals surface area contributed by atoms with Crippen molar-refractivity contribution in [3.8, 4) is 0 Å². The highest BCUT2D eigenvalue weighted by Crippen LogP contribution is 2.35. The Kier molecular flexibility index (Phi) is 4.62. The van der Waals surface area contributed by atoms with Gasteiger partial charge in [-0.15, -0.1) is 11.3 Å². The SMILES string of the molecule is CCN(CC)c1ncc(CNC2(CC)CCC2)s1. The molecule has 0 atom stereocenters. The summed E-state index contributed by atoms with van der Waals surface area (Å²) >= 11 is 1.83. The van der Waals surface area contributed by atoms with Crippen molar-refractivity contribution in [1.82, 2.24) is 10.3 Å². The van der Waals surface area contributed by atoms with Gasteiger partial charge in [0.15, 0.2) is 5.13 Å². The maximum Gasteiger partial charge on any atom is 0.185 e. The minimum Gasteiger partial charge on any atom is -0.349 e. The van der Waals surface area contributed by atoms with Crippen molar-refractivity contribution in [1.29, 1.82) is 0 Å². The zero-order valence-corrected chi connectivity index (χ0v) is 12.6. The summed E-state index contributed by atoms with van der Waals surface area (Å²) in [5, 5.41) is 4.90. The zero-order chi connectivity index (χ0) is 13.0. The Morgan fingerprint density at radius 3 is 2.56 bits per heavy atom. The Balaban J connectivity index is 1.90. The summed E-state index contributed by atoms with van der Waals surface area (Å²) in [6.45, 7) is 9.71. The minimum atomic E-state index is 0.430. The lowest BCUT2D eigenvalue weighted by molar-refractivity contribution is 0.176. The molecule has 1 aliphatic rings. The summed E-state index contributed by atoms with van der Waals surface area (Å²) in [4.78, 5) is 8.20. The lowest BCUT2D eigenvalue weighted by Gasteiger charge is -2.42. The second-order valence-electron chi connectivity index (χ2n) is 5.12. The molecular weight excluding hydrogens is 242 g/mol. The van der Waals surface area contributed by atoms with Gasteiger partial charge in [0.2, 0.25) is 0 Å². The van der Waals surface area contributed by atoms with Gasteiger partial charge in [-0.1, -0.05) is 6.92 Å². The highest BCUT2D eigenvalue weighted by Gasteiger charge is 2.34. The molecule has 102 valence electrons. The number of rotatable bonds is 7. The molecule has 1 aromatic heterocycles. The summed E-state index contributed by atoms with van der Waals surface area (Å²) in [7, 11) is 0. The Morgan fingerprint density at radius 2 is 2.06 bits per heavy atom. The molecule has 1 aromatic rings. The number of nitrogens with one attached hydrogen (secondary N) is 1. The van der Waals surface area contributed by atoms with E-state index in [1.165, 1.54) is 30.6 Å². The van der Waals surface area contributed by atoms with Gasteiger partial charge in [0.25, 0.3) is 0 Å². The quantitative estimate of drug-likeness (QED) is 0.820. The summed E-state index contributed by atoms with van der Waals surface area (Å²) < 4.78 is 0. The summed E-state index contributed by atoms with van der Waals surface area (Å²) in [6, 6.07) is 0. The van der Waals surface area contributed by atoms with Crippen molar-refractivity contribution in [3.63, 3.8) is 0 Å². The summed E-state index contributed by atoms with van der Waals surface area (Å²) in [6.07, 6.45) is 7.34. The second-order valence-corrected chi connectivity index (χ2v) is 6.22. The standard InChI is InChI=1S/C14H25N3S/c1-4-14(8-7-9-14)16-11-12-10-15-13(18-12)17(5-2)6-3/h10,16H,4-9,11H2,1-3H3. The van der Waals surface area contributed by atoms with E-state index in [1.54, 1.807) is 0 Å². The number of aromatic nitrogens is 1. The van der Waals surface area contributed by atoms with Crippen LogP contribution in [0.2, 0.25) is 0 Å². The molecule has 0 aliphatic heterocycles. The Morgan fingerprint density at radius 1 is 1.33 bits per heavy atom. The van der Waals surface area contributed by atoms with Crippen molar-refractivity contribution >= 4 is 16.5 Å². The first kappa shape index (κ1) is 13.8. The van der Waals surface area contributed by atoms with Crippen LogP contribution in [-0.2, 0) is 6.54 Å². The molecule has 1 saturated carbocycles. The first-order valence-corrected chi connectivity index (χ1v) is 7.99. The molecule has 0 radical (unpaired) electrons. The fraction of sp³-hybridized carbons (Fsp3) is 0.786. The van der Waals surface area contributed by atoms with Crippen LogP contribution in [-0.4, -0.2) is 23.6 Å². The summed E-state index contributed by atoms with van der Waals surface area (Å²) in [5.74, 6) is 0. The molecule has 4 heteroatoms. The van der Waals surface area contributed by atoms with Gasteiger partial charge in [-0.25, -0.2) is 4.98 Å². The maximum absolute atomic E-state index is 4.53. The Labute approximate surface area is 115 Å². The average molecular weight is 267 g/mol. The largest absolute Gasteiger partial charge is 0.349 e. The third kappa shape index (κ3) is 2.86. The number of hydrogen-bond donors (Lipinski definition) is 1. The molecule has 0 saturated heterocycles. The molecule has 1 heterocycles. The van der Waals surface area contributed by atoms with Crippen LogP contribution >= 0.6 is 11.3 Å². The molecule has 2 rings (SSSR count). The number of anilines is 1. The zero-order valence-electron chi connectivity index (χ0n) is 11.8. The predicted molar refractivity (Wildman–Crippen MR) is 79.4 cm³/mol. The van der Waals surface area contributed by atoms with E-state index in [0.29, 0.717) is 5.54 Å². The highest BCUT2D eigenvalue weighted by atomic mass is 32.1. The lowest BCUT2D eigenvalue weighted by Crippen LogP contribution is -2.49. The van der Waals surface area contributed by atoms with Gasteiger partial charge in [-0.05, 0) is 39.5 Å². The molecule has 1 N–H and O–H groups in total. The third-order valence-electron chi connectivity index (χ3n) is 4.20. The van der Waals surface area contributed by atoms with Gasteiger partial charge < -0.3 is 10.2 Å². The van der Waals surface area contributed by atoms with E-state index in [9.17, 15) is 0 Å². The third-order valence-corrected chi connectivity index (χ3v) is 5.26. The van der Waals surface area contributed by atoms with Crippen LogP contribution in [0.4, 0.5) is 5.13 Å². The predicted octanol–water partition coefficient (Wildman–Crippen LogP) is 3.41. The molecular formula is C14H25N3S. The molecule has 18 heavy (non-hydrogen) atoms. The van der Waals surface area contributed by atoms with Crippen LogP contribution < -0.4 is 10.2 Å². The topological polar surface area (TPSA) is 28.2 Å². The fourth-order valence-electron chi connectivity index (χ4n) is 2.55. The molecule has 0 spiro atoms. The average Bonchev–Trinajstić information content (AvgIpc) is 2.79. The van der Waals surface area contributed by atoms with Crippen molar-refractivity contribution in [2.24, 2.45) is 0 Å². The van der Waals surface area contributed by atoms with Gasteiger partial charge in [-0.2, -0.15) is 0 Å². The summed E-state index contributed by atoms with van der Waals surface area (Å²) in [5.41, 5.74) is 0.430. The van der Waals surface area contributed by atoms with Crippen LogP contribution in [0.1, 0.15) is 51.3 Å². The van der Waals surface area contributed by atoms with E-state index in [-0.39, 0.29) is 0 Å². The molecule has 1 aliphatic carbocycles. The molecule has 0 bridgehead atoms. The van der Waals surface area contributed by atoms with Gasteiger partial charge in [0, 0.05) is 36.2 Å². The van der Waals surface area contributed by atoms with E-state index in [1.807, 2.05) is 17.5 Å². The second kappa shape index (κ2) is 6.02. The van der Waals surface area contributed by atoms with E-state index in [2.05, 4.69) is 36.0 Å². The number of hydrogen-bond acceptors (Lipinski definition) is 4. The first-order valence-electron chi connectivity index (χ1n) is 7.17. The van der Waals surface area contributed by atoms with Crippen molar-refractivity contribution in [2.45, 2.75) is 58.5 Å². The van der Waals surface area contributed by atoms with Crippen molar-refractivity contribution in [2.75, 3.05) is 18.0 Å². The monoisotopic (exact) mass is 267 g/mol. The van der Waals surface area contributed by atoms with Crippen LogP contribution in [0.5, 0.6) is 0 Å². The number of thiazole rings is 1. The molecule has 0 unspecified atom stereocenters.